The predicted octanol–water partition coefficient (Wildman–Crippen LogP) is 2.44. The fraction of sp³-hybridized carbons (Fsp3) is 0.188. The summed E-state index contributed by atoms with van der Waals surface area (Å²) < 4.78 is 0. The van der Waals surface area contributed by atoms with E-state index in [4.69, 9.17) is 0 Å². The first kappa shape index (κ1) is 11.8. The molecule has 1 heterocycles. The van der Waals surface area contributed by atoms with Crippen molar-refractivity contribution in [1.29, 1.82) is 0 Å². The molecule has 1 amide bonds. The monoisotopic (exact) mass is 252 g/mol. The van der Waals surface area contributed by atoms with Crippen molar-refractivity contribution in [3.63, 3.8) is 0 Å². The molecule has 0 saturated heterocycles. The summed E-state index contributed by atoms with van der Waals surface area (Å²) >= 11 is 0. The number of para-hydroxylation sites is 1. The number of nitrogens with one attached hydrogen (secondary N) is 1. The van der Waals surface area contributed by atoms with Crippen molar-refractivity contribution in [2.45, 2.75) is 12.6 Å². The van der Waals surface area contributed by atoms with Crippen molar-refractivity contribution in [3.05, 3.63) is 65.7 Å². The van der Waals surface area contributed by atoms with Gasteiger partial charge in [-0.15, -0.1) is 0 Å². The third-order valence-corrected chi connectivity index (χ3v) is 3.57. The molecule has 2 aromatic carbocycles. The van der Waals surface area contributed by atoms with Gasteiger partial charge in [-0.1, -0.05) is 42.5 Å². The molecule has 0 aromatic heterocycles. The number of carbonyl (C=O) groups is 1. The van der Waals surface area contributed by atoms with Gasteiger partial charge >= 0.3 is 0 Å². The molecule has 1 N–H and O–H groups in total. The Morgan fingerprint density at radius 3 is 2.53 bits per heavy atom. The van der Waals surface area contributed by atoms with E-state index in [1.807, 2.05) is 49.5 Å². The minimum absolute atomic E-state index is 0.00444. The molecule has 0 spiro atoms. The highest BCUT2D eigenvalue weighted by molar-refractivity contribution is 6.01. The number of hydrogen-bond acceptors (Lipinski definition) is 2. The number of fused-ring (bicyclic) bond motifs is 1. The van der Waals surface area contributed by atoms with Gasteiger partial charge in [-0.2, -0.15) is 0 Å². The molecule has 1 atom stereocenters. The van der Waals surface area contributed by atoms with Gasteiger partial charge in [0.25, 0.3) is 5.91 Å². The Morgan fingerprint density at radius 2 is 1.74 bits per heavy atom. The van der Waals surface area contributed by atoms with Crippen molar-refractivity contribution in [2.75, 3.05) is 11.9 Å². The summed E-state index contributed by atoms with van der Waals surface area (Å²) in [5, 5.41) is 3.06. The van der Waals surface area contributed by atoms with Gasteiger partial charge in [-0.05, 0) is 17.7 Å². The highest BCUT2D eigenvalue weighted by Crippen LogP contribution is 2.25. The van der Waals surface area contributed by atoms with Crippen LogP contribution in [0.4, 0.5) is 5.69 Å². The van der Waals surface area contributed by atoms with Gasteiger partial charge < -0.3 is 10.2 Å². The highest BCUT2D eigenvalue weighted by Gasteiger charge is 2.27. The summed E-state index contributed by atoms with van der Waals surface area (Å²) in [6, 6.07) is 17.9. The molecule has 0 saturated carbocycles. The summed E-state index contributed by atoms with van der Waals surface area (Å²) in [7, 11) is 2.02. The molecule has 2 aromatic rings. The van der Waals surface area contributed by atoms with Crippen molar-refractivity contribution in [2.24, 2.45) is 0 Å². The van der Waals surface area contributed by atoms with E-state index in [0.29, 0.717) is 0 Å². The van der Waals surface area contributed by atoms with Gasteiger partial charge in [-0.3, -0.25) is 4.79 Å². The first-order valence-corrected chi connectivity index (χ1v) is 6.42. The Bertz CT molecular complexity index is 595. The lowest BCUT2D eigenvalue weighted by molar-refractivity contribution is 0.0928. The number of hydrogen-bond donors (Lipinski definition) is 1. The maximum atomic E-state index is 12.1. The molecule has 0 fully saturated rings. The van der Waals surface area contributed by atoms with Crippen LogP contribution in [-0.4, -0.2) is 19.1 Å². The van der Waals surface area contributed by atoms with Crippen molar-refractivity contribution < 1.29 is 4.79 Å². The van der Waals surface area contributed by atoms with Crippen LogP contribution in [0.1, 0.15) is 15.9 Å². The number of carbonyl (C=O) groups excluding carboxylic acids is 1. The highest BCUT2D eigenvalue weighted by atomic mass is 16.2. The summed E-state index contributed by atoms with van der Waals surface area (Å²) in [5.41, 5.74) is 2.96. The van der Waals surface area contributed by atoms with E-state index in [2.05, 4.69) is 22.3 Å². The number of nitrogens with zero attached hydrogens (tertiary/aromatic N) is 1. The van der Waals surface area contributed by atoms with Gasteiger partial charge in [-0.25, -0.2) is 0 Å². The fourth-order valence-corrected chi connectivity index (χ4v) is 2.49. The van der Waals surface area contributed by atoms with E-state index in [-0.39, 0.29) is 12.1 Å². The second-order valence-corrected chi connectivity index (χ2v) is 4.81. The average Bonchev–Trinajstić information content (AvgIpc) is 2.46. The van der Waals surface area contributed by atoms with E-state index in [9.17, 15) is 4.79 Å². The van der Waals surface area contributed by atoms with Crippen LogP contribution < -0.4 is 10.2 Å². The van der Waals surface area contributed by atoms with Crippen molar-refractivity contribution in [1.82, 2.24) is 5.32 Å². The second kappa shape index (κ2) is 4.76. The summed E-state index contributed by atoms with van der Waals surface area (Å²) in [5.74, 6) is 0.00892. The van der Waals surface area contributed by atoms with E-state index < -0.39 is 0 Å². The van der Waals surface area contributed by atoms with Crippen molar-refractivity contribution in [3.8, 4) is 0 Å². The molecule has 1 aliphatic heterocycles. The molecule has 0 unspecified atom stereocenters. The van der Waals surface area contributed by atoms with Crippen molar-refractivity contribution >= 4 is 11.6 Å². The molecule has 3 heteroatoms. The molecule has 0 bridgehead atoms. The summed E-state index contributed by atoms with van der Waals surface area (Å²) in [4.78, 5) is 14.2. The quantitative estimate of drug-likeness (QED) is 0.890. The Hall–Kier alpha value is -2.29. The molecule has 3 rings (SSSR count). The zero-order valence-electron chi connectivity index (χ0n) is 10.8. The van der Waals surface area contributed by atoms with Gasteiger partial charge in [0, 0.05) is 13.5 Å². The maximum Gasteiger partial charge on any atom is 0.254 e. The number of benzene rings is 2. The summed E-state index contributed by atoms with van der Waals surface area (Å²) in [6.07, 6.45) is 0.807. The van der Waals surface area contributed by atoms with Crippen LogP contribution in [0.2, 0.25) is 0 Å². The molecule has 0 radical (unpaired) electrons. The van der Waals surface area contributed by atoms with Gasteiger partial charge in [0.1, 0.15) is 6.17 Å². The Labute approximate surface area is 112 Å². The molecule has 96 valence electrons. The number of rotatable bonds is 2. The minimum atomic E-state index is 0.00444. The Balaban J connectivity index is 1.88. The molecule has 19 heavy (non-hydrogen) atoms. The van der Waals surface area contributed by atoms with Crippen LogP contribution in [-0.2, 0) is 6.42 Å². The topological polar surface area (TPSA) is 32.3 Å². The Morgan fingerprint density at radius 1 is 1.05 bits per heavy atom. The largest absolute Gasteiger partial charge is 0.353 e. The van der Waals surface area contributed by atoms with Crippen LogP contribution >= 0.6 is 0 Å². The van der Waals surface area contributed by atoms with Crippen LogP contribution in [0.25, 0.3) is 0 Å². The number of likely N-dealkylation sites (N-methyl/N-ethyl adjacent to an activating group) is 1. The first-order chi connectivity index (χ1) is 9.25. The minimum Gasteiger partial charge on any atom is -0.353 e. The summed E-state index contributed by atoms with van der Waals surface area (Å²) in [6.45, 7) is 0. The first-order valence-electron chi connectivity index (χ1n) is 6.42. The fourth-order valence-electron chi connectivity index (χ4n) is 2.49. The van der Waals surface area contributed by atoms with Crippen LogP contribution in [0.15, 0.2) is 54.6 Å². The van der Waals surface area contributed by atoms with Crippen LogP contribution in [0.3, 0.4) is 0 Å². The molecular formula is C16H16N2O. The molecule has 3 nitrogen and oxygen atoms in total. The van der Waals surface area contributed by atoms with E-state index >= 15 is 0 Å². The normalized spacial score (nSPS) is 17.8. The molecule has 0 aliphatic carbocycles. The maximum absolute atomic E-state index is 12.1. The van der Waals surface area contributed by atoms with E-state index in [1.165, 1.54) is 5.56 Å². The number of anilines is 1. The predicted molar refractivity (Wildman–Crippen MR) is 76.2 cm³/mol. The smallest absolute Gasteiger partial charge is 0.254 e. The lowest BCUT2D eigenvalue weighted by Gasteiger charge is -2.36. The molecular weight excluding hydrogens is 236 g/mol. The SMILES string of the molecule is CN1c2ccccc2C(=O)N[C@@H]1Cc1ccccc1. The second-order valence-electron chi connectivity index (χ2n) is 4.81. The lowest BCUT2D eigenvalue weighted by Crippen LogP contribution is -2.52. The van der Waals surface area contributed by atoms with E-state index in [0.717, 1.165) is 17.7 Å². The standard InChI is InChI=1S/C16H16N2O/c1-18-14-10-6-5-9-13(14)16(19)17-15(18)11-12-7-3-2-4-8-12/h2-10,15H,11H2,1H3,(H,17,19)/t15-/m0/s1. The average molecular weight is 252 g/mol. The van der Waals surface area contributed by atoms with Crippen LogP contribution in [0, 0.1) is 0 Å². The zero-order chi connectivity index (χ0) is 13.2. The van der Waals surface area contributed by atoms with E-state index in [1.54, 1.807) is 0 Å². The molecule has 1 aliphatic rings. The number of amides is 1. The van der Waals surface area contributed by atoms with Crippen LogP contribution in [0.5, 0.6) is 0 Å². The van der Waals surface area contributed by atoms with Gasteiger partial charge in [0.2, 0.25) is 0 Å². The third kappa shape index (κ3) is 2.19. The lowest BCUT2D eigenvalue weighted by atomic mass is 10.0. The zero-order valence-corrected chi connectivity index (χ0v) is 10.8. The third-order valence-electron chi connectivity index (χ3n) is 3.57. The van der Waals surface area contributed by atoms with Gasteiger partial charge in [0.05, 0.1) is 11.3 Å². The Kier molecular flexibility index (Phi) is 2.95. The van der Waals surface area contributed by atoms with Gasteiger partial charge in [0.15, 0.2) is 0 Å².